The van der Waals surface area contributed by atoms with Gasteiger partial charge >= 0.3 is 0 Å². The van der Waals surface area contributed by atoms with Crippen molar-refractivity contribution in [2.45, 2.75) is 38.3 Å². The van der Waals surface area contributed by atoms with Gasteiger partial charge in [0.25, 0.3) is 5.91 Å². The third-order valence-electron chi connectivity index (χ3n) is 4.61. The molecule has 3 N–H and O–H groups in total. The minimum Gasteiger partial charge on any atom is -0.302 e. The molecule has 0 bridgehead atoms. The van der Waals surface area contributed by atoms with Crippen LogP contribution in [0, 0.1) is 6.92 Å². The van der Waals surface area contributed by atoms with Crippen LogP contribution in [-0.4, -0.2) is 48.9 Å². The number of carbonyl (C=O) groups is 1. The van der Waals surface area contributed by atoms with Crippen LogP contribution in [0.5, 0.6) is 0 Å². The van der Waals surface area contributed by atoms with E-state index in [1.54, 1.807) is 0 Å². The summed E-state index contributed by atoms with van der Waals surface area (Å²) in [4.78, 5) is 18.2. The number of carbonyl (C=O) groups excluding carboxylic acids is 1. The van der Waals surface area contributed by atoms with Crippen molar-refractivity contribution in [3.63, 3.8) is 0 Å². The van der Waals surface area contributed by atoms with Crippen LogP contribution >= 0.6 is 11.3 Å². The molecule has 5 nitrogen and oxygen atoms in total. The predicted molar refractivity (Wildman–Crippen MR) is 87.3 cm³/mol. The van der Waals surface area contributed by atoms with E-state index in [0.717, 1.165) is 13.1 Å². The summed E-state index contributed by atoms with van der Waals surface area (Å²) < 4.78 is 0. The Morgan fingerprint density at radius 3 is 2.57 bits per heavy atom. The summed E-state index contributed by atoms with van der Waals surface area (Å²) in [6.45, 7) is 4.00. The molecule has 2 rings (SSSR count). The summed E-state index contributed by atoms with van der Waals surface area (Å²) in [5, 5.41) is 0. The van der Waals surface area contributed by atoms with E-state index in [2.05, 4.69) is 43.3 Å². The fourth-order valence-electron chi connectivity index (χ4n) is 3.04. The maximum absolute atomic E-state index is 11.6. The summed E-state index contributed by atoms with van der Waals surface area (Å²) in [6, 6.07) is 1.96. The number of thiophene rings is 1. The number of amides is 1. The lowest BCUT2D eigenvalue weighted by atomic mass is 9.75. The van der Waals surface area contributed by atoms with Crippen LogP contribution in [-0.2, 0) is 6.54 Å². The SMILES string of the molecule is Cc1sc(C(=O)NN)cc1CN(C)CC1(N(C)C)CCC1. The molecule has 0 unspecified atom stereocenters. The second-order valence-corrected chi connectivity index (χ2v) is 7.57. The highest BCUT2D eigenvalue weighted by molar-refractivity contribution is 7.14. The second-order valence-electron chi connectivity index (χ2n) is 6.31. The Morgan fingerprint density at radius 2 is 2.10 bits per heavy atom. The number of aryl methyl sites for hydroxylation is 1. The van der Waals surface area contributed by atoms with E-state index >= 15 is 0 Å². The maximum atomic E-state index is 11.6. The third kappa shape index (κ3) is 3.45. The van der Waals surface area contributed by atoms with Crippen LogP contribution in [0.15, 0.2) is 6.07 Å². The van der Waals surface area contributed by atoms with Crippen LogP contribution in [0.4, 0.5) is 0 Å². The van der Waals surface area contributed by atoms with Crippen molar-refractivity contribution in [1.82, 2.24) is 15.2 Å². The van der Waals surface area contributed by atoms with Crippen molar-refractivity contribution in [1.29, 1.82) is 0 Å². The standard InChI is InChI=1S/C15H26N4OS/c1-11-12(8-13(21-11)14(20)17-16)9-19(4)10-15(18(2)3)6-5-7-15/h8H,5-7,9-10,16H2,1-4H3,(H,17,20). The molecule has 1 amide bonds. The van der Waals surface area contributed by atoms with Gasteiger partial charge in [-0.3, -0.25) is 10.2 Å². The first-order valence-corrected chi connectivity index (χ1v) is 8.16. The van der Waals surface area contributed by atoms with Crippen LogP contribution in [0.2, 0.25) is 0 Å². The summed E-state index contributed by atoms with van der Waals surface area (Å²) in [6.07, 6.45) is 3.87. The first kappa shape index (κ1) is 16.4. The molecule has 0 aliphatic heterocycles. The zero-order valence-corrected chi connectivity index (χ0v) is 14.2. The Kier molecular flexibility index (Phi) is 5.03. The monoisotopic (exact) mass is 310 g/mol. The average Bonchev–Trinajstić information content (AvgIpc) is 2.74. The Labute approximate surface area is 131 Å². The minimum atomic E-state index is -0.208. The van der Waals surface area contributed by atoms with Gasteiger partial charge in [-0.15, -0.1) is 11.3 Å². The number of hydrogen-bond donors (Lipinski definition) is 2. The van der Waals surface area contributed by atoms with Crippen LogP contribution in [0.3, 0.4) is 0 Å². The highest BCUT2D eigenvalue weighted by atomic mass is 32.1. The fraction of sp³-hybridized carbons (Fsp3) is 0.667. The molecule has 1 saturated carbocycles. The molecule has 0 atom stereocenters. The lowest BCUT2D eigenvalue weighted by Crippen LogP contribution is -2.56. The molecule has 6 heteroatoms. The molecule has 0 aromatic carbocycles. The summed E-state index contributed by atoms with van der Waals surface area (Å²) in [5.41, 5.74) is 3.74. The smallest absolute Gasteiger partial charge is 0.275 e. The third-order valence-corrected chi connectivity index (χ3v) is 5.70. The highest BCUT2D eigenvalue weighted by Gasteiger charge is 2.39. The molecule has 1 aromatic heterocycles. The normalized spacial score (nSPS) is 17.1. The lowest BCUT2D eigenvalue weighted by molar-refractivity contribution is 0.0259. The molecule has 1 aliphatic rings. The van der Waals surface area contributed by atoms with E-state index in [9.17, 15) is 4.79 Å². The predicted octanol–water partition coefficient (Wildman–Crippen LogP) is 1.58. The summed E-state index contributed by atoms with van der Waals surface area (Å²) in [7, 11) is 6.50. The van der Waals surface area contributed by atoms with Gasteiger partial charge in [0.1, 0.15) is 0 Å². The van der Waals surface area contributed by atoms with Gasteiger partial charge in [0.05, 0.1) is 4.88 Å². The van der Waals surface area contributed by atoms with Crippen molar-refractivity contribution < 1.29 is 4.79 Å². The van der Waals surface area contributed by atoms with E-state index in [1.807, 2.05) is 6.07 Å². The number of nitrogens with zero attached hydrogens (tertiary/aromatic N) is 2. The maximum Gasteiger partial charge on any atom is 0.275 e. The first-order chi connectivity index (χ1) is 9.88. The van der Waals surface area contributed by atoms with Crippen LogP contribution < -0.4 is 11.3 Å². The number of hydrazine groups is 1. The summed E-state index contributed by atoms with van der Waals surface area (Å²) in [5.74, 6) is 4.99. The summed E-state index contributed by atoms with van der Waals surface area (Å²) >= 11 is 1.50. The molecule has 21 heavy (non-hydrogen) atoms. The zero-order valence-electron chi connectivity index (χ0n) is 13.4. The van der Waals surface area contributed by atoms with E-state index in [4.69, 9.17) is 5.84 Å². The average molecular weight is 310 g/mol. The Balaban J connectivity index is 2.01. The van der Waals surface area contributed by atoms with Crippen molar-refractivity contribution in [2.24, 2.45) is 5.84 Å². The van der Waals surface area contributed by atoms with Crippen molar-refractivity contribution in [3.05, 3.63) is 21.4 Å². The van der Waals surface area contributed by atoms with Crippen molar-refractivity contribution in [2.75, 3.05) is 27.7 Å². The van der Waals surface area contributed by atoms with Gasteiger partial charge in [-0.25, -0.2) is 5.84 Å². The van der Waals surface area contributed by atoms with Gasteiger partial charge in [-0.05, 0) is 59.0 Å². The zero-order chi connectivity index (χ0) is 15.6. The van der Waals surface area contributed by atoms with Gasteiger partial charge in [0.15, 0.2) is 0 Å². The van der Waals surface area contributed by atoms with Gasteiger partial charge in [-0.1, -0.05) is 0 Å². The molecule has 1 fully saturated rings. The van der Waals surface area contributed by atoms with E-state index < -0.39 is 0 Å². The number of hydrogen-bond acceptors (Lipinski definition) is 5. The molecular formula is C15H26N4OS. The second kappa shape index (κ2) is 6.44. The van der Waals surface area contributed by atoms with Gasteiger partial charge in [0.2, 0.25) is 0 Å². The lowest BCUT2D eigenvalue weighted by Gasteiger charge is -2.49. The Morgan fingerprint density at radius 1 is 1.43 bits per heavy atom. The number of rotatable bonds is 6. The van der Waals surface area contributed by atoms with Crippen LogP contribution in [0.1, 0.15) is 39.4 Å². The van der Waals surface area contributed by atoms with E-state index in [0.29, 0.717) is 10.4 Å². The highest BCUT2D eigenvalue weighted by Crippen LogP contribution is 2.37. The largest absolute Gasteiger partial charge is 0.302 e. The van der Waals surface area contributed by atoms with Crippen LogP contribution in [0.25, 0.3) is 0 Å². The fourth-order valence-corrected chi connectivity index (χ4v) is 3.98. The van der Waals surface area contributed by atoms with Gasteiger partial charge in [-0.2, -0.15) is 0 Å². The molecule has 0 radical (unpaired) electrons. The van der Waals surface area contributed by atoms with Gasteiger partial charge in [0, 0.05) is 23.5 Å². The number of nitrogen functional groups attached to an aromatic ring is 1. The molecule has 1 aliphatic carbocycles. The minimum absolute atomic E-state index is 0.208. The number of likely N-dealkylation sites (N-methyl/N-ethyl adjacent to an activating group) is 2. The Hall–Kier alpha value is -0.950. The number of nitrogens with two attached hydrogens (primary N) is 1. The Bertz CT molecular complexity index is 508. The molecule has 0 spiro atoms. The molecular weight excluding hydrogens is 284 g/mol. The van der Waals surface area contributed by atoms with Crippen molar-refractivity contribution in [3.8, 4) is 0 Å². The molecule has 118 valence electrons. The quantitative estimate of drug-likeness (QED) is 0.476. The van der Waals surface area contributed by atoms with E-state index in [1.165, 1.54) is 41.0 Å². The van der Waals surface area contributed by atoms with E-state index in [-0.39, 0.29) is 5.91 Å². The molecule has 0 saturated heterocycles. The van der Waals surface area contributed by atoms with Gasteiger partial charge < -0.3 is 9.80 Å². The topological polar surface area (TPSA) is 61.6 Å². The number of nitrogens with one attached hydrogen (secondary N) is 1. The first-order valence-electron chi connectivity index (χ1n) is 7.34. The molecule has 1 heterocycles. The molecule has 1 aromatic rings. The van der Waals surface area contributed by atoms with Crippen molar-refractivity contribution >= 4 is 17.2 Å².